The highest BCUT2D eigenvalue weighted by Crippen LogP contribution is 2.26. The van der Waals surface area contributed by atoms with Crippen LogP contribution in [0.4, 0.5) is 0 Å². The number of carbonyl (C=O) groups is 1. The van der Waals surface area contributed by atoms with Crippen LogP contribution in [0.3, 0.4) is 0 Å². The molecule has 0 aromatic heterocycles. The van der Waals surface area contributed by atoms with E-state index in [-0.39, 0.29) is 12.6 Å². The van der Waals surface area contributed by atoms with E-state index in [2.05, 4.69) is 20.8 Å². The van der Waals surface area contributed by atoms with E-state index in [9.17, 15) is 50.8 Å². The number of hydrogen-bond donors (Lipinski definition) is 12. The molecule has 3 aliphatic rings. The average Bonchev–Trinajstić information content (AvgIpc) is 2.15. The third kappa shape index (κ3) is 39.2. The molecule has 0 radical (unpaired) electrons. The molecule has 514 valence electrons. The summed E-state index contributed by atoms with van der Waals surface area (Å²) in [6, 6.07) is 0. The molecule has 0 bridgehead atoms. The summed E-state index contributed by atoms with van der Waals surface area (Å²) in [5, 5.41) is 116. The van der Waals surface area contributed by atoms with E-state index >= 15 is 0 Å². The SMILES string of the molecule is CCCCCCCCCCCCOC1OC(CO)C(O)C(O)C1O.CCCCCCCCCCCCOC1OC(COC(=O)CCCCCCCCCCC)C(O)C(O)C1O.OCCCCCCCCCCCCOC1OC(CO)C(O)C(O)C1O. The van der Waals surface area contributed by atoms with Crippen LogP contribution in [0.15, 0.2) is 0 Å². The Kier molecular flexibility index (Phi) is 54.4. The number of esters is 1. The second kappa shape index (κ2) is 56.5. The van der Waals surface area contributed by atoms with Crippen molar-refractivity contribution in [1.29, 1.82) is 0 Å². The van der Waals surface area contributed by atoms with Crippen LogP contribution in [0.2, 0.25) is 0 Å². The number of carbonyl (C=O) groups excluding carboxylic acids is 1. The topological polar surface area (TPSA) is 324 Å². The first-order valence-electron chi connectivity index (χ1n) is 34.7. The van der Waals surface area contributed by atoms with Gasteiger partial charge >= 0.3 is 5.97 Å². The van der Waals surface area contributed by atoms with Crippen LogP contribution in [0.1, 0.15) is 278 Å². The highest BCUT2D eigenvalue weighted by Gasteiger charge is 2.46. The molecule has 0 saturated carbocycles. The third-order valence-electron chi connectivity index (χ3n) is 16.7. The van der Waals surface area contributed by atoms with Gasteiger partial charge < -0.3 is 94.4 Å². The molecule has 20 heteroatoms. The zero-order chi connectivity index (χ0) is 63.4. The number of rotatable bonds is 51. The lowest BCUT2D eigenvalue weighted by Gasteiger charge is -2.40. The quantitative estimate of drug-likeness (QED) is 0.0200. The predicted molar refractivity (Wildman–Crippen MR) is 332 cm³/mol. The van der Waals surface area contributed by atoms with Gasteiger partial charge in [0.2, 0.25) is 0 Å². The fourth-order valence-corrected chi connectivity index (χ4v) is 10.8. The van der Waals surface area contributed by atoms with E-state index in [1.807, 2.05) is 0 Å². The van der Waals surface area contributed by atoms with Gasteiger partial charge in [-0.2, -0.15) is 0 Å². The van der Waals surface area contributed by atoms with Gasteiger partial charge in [-0.1, -0.05) is 239 Å². The molecule has 3 aliphatic heterocycles. The Hall–Kier alpha value is -1.25. The Morgan fingerprint density at radius 1 is 0.302 bits per heavy atom. The molecule has 0 aromatic carbocycles. The van der Waals surface area contributed by atoms with Crippen LogP contribution in [0.25, 0.3) is 0 Å². The van der Waals surface area contributed by atoms with Crippen molar-refractivity contribution in [2.75, 3.05) is 46.2 Å². The van der Waals surface area contributed by atoms with Crippen molar-refractivity contribution in [3.63, 3.8) is 0 Å². The maximum atomic E-state index is 12.1. The summed E-state index contributed by atoms with van der Waals surface area (Å²) in [5.41, 5.74) is 0. The molecule has 20 nitrogen and oxygen atoms in total. The summed E-state index contributed by atoms with van der Waals surface area (Å²) in [7, 11) is 0. The normalized spacial score (nSPS) is 27.5. The third-order valence-corrected chi connectivity index (χ3v) is 16.7. The van der Waals surface area contributed by atoms with Crippen LogP contribution >= 0.6 is 0 Å². The van der Waals surface area contributed by atoms with Crippen LogP contribution in [-0.4, -0.2) is 206 Å². The van der Waals surface area contributed by atoms with Crippen molar-refractivity contribution in [3.8, 4) is 0 Å². The lowest BCUT2D eigenvalue weighted by atomic mass is 9.99. The molecule has 15 unspecified atom stereocenters. The zero-order valence-electron chi connectivity index (χ0n) is 54.0. The van der Waals surface area contributed by atoms with E-state index in [4.69, 9.17) is 48.5 Å². The molecule has 0 aliphatic carbocycles. The first kappa shape index (κ1) is 82.8. The van der Waals surface area contributed by atoms with Gasteiger partial charge in [0.05, 0.1) is 13.2 Å². The highest BCUT2D eigenvalue weighted by molar-refractivity contribution is 5.69. The van der Waals surface area contributed by atoms with Crippen LogP contribution in [0, 0.1) is 0 Å². The molecular formula is C66H130O20. The van der Waals surface area contributed by atoms with Crippen molar-refractivity contribution >= 4 is 5.97 Å². The van der Waals surface area contributed by atoms with E-state index < -0.39 is 105 Å². The minimum atomic E-state index is -1.41. The lowest BCUT2D eigenvalue weighted by Crippen LogP contribution is -2.59. The van der Waals surface area contributed by atoms with Gasteiger partial charge in [-0.15, -0.1) is 0 Å². The molecule has 15 atom stereocenters. The molecule has 12 N–H and O–H groups in total. The molecular weight excluding hydrogens is 1110 g/mol. The van der Waals surface area contributed by atoms with Crippen molar-refractivity contribution in [3.05, 3.63) is 0 Å². The second-order valence-electron chi connectivity index (χ2n) is 24.4. The van der Waals surface area contributed by atoms with Gasteiger partial charge in [-0.3, -0.25) is 4.79 Å². The summed E-state index contributed by atoms with van der Waals surface area (Å²) in [6.07, 6.45) is 28.5. The fraction of sp³-hybridized carbons (Fsp3) is 0.985. The van der Waals surface area contributed by atoms with Crippen molar-refractivity contribution in [1.82, 2.24) is 0 Å². The Morgan fingerprint density at radius 3 is 0.826 bits per heavy atom. The Balaban J connectivity index is 0.000000667. The standard InChI is InChI=1S/C30H58O7.C18H36O7.C18H36O6/c1-3-5-7-9-11-13-15-17-19-21-23-35-30-29(34)28(33)27(32)25(37-30)24-36-26(31)22-20-18-16-14-12-10-8-6-4-2;19-11-9-7-5-3-1-2-4-6-8-10-12-24-18-17(23)16(22)15(21)14(13-20)25-18;1-2-3-4-5-6-7-8-9-10-11-12-23-18-17(22)16(21)15(20)14(13-19)24-18/h25,27-30,32-34H,3-24H2,1-2H3;14-23H,1-13H2;14-22H,2-13H2,1H3. The van der Waals surface area contributed by atoms with E-state index in [1.54, 1.807) is 0 Å². The van der Waals surface area contributed by atoms with Gasteiger partial charge in [0.1, 0.15) is 79.9 Å². The monoisotopic (exact) mass is 1240 g/mol. The number of hydrogen-bond acceptors (Lipinski definition) is 20. The summed E-state index contributed by atoms with van der Waals surface area (Å²) in [5.74, 6) is -0.331. The number of ether oxygens (including phenoxy) is 7. The zero-order valence-corrected chi connectivity index (χ0v) is 54.0. The molecule has 3 heterocycles. The minimum Gasteiger partial charge on any atom is -0.463 e. The van der Waals surface area contributed by atoms with Crippen LogP contribution in [0.5, 0.6) is 0 Å². The Labute approximate surface area is 519 Å². The van der Waals surface area contributed by atoms with Crippen molar-refractivity contribution in [2.24, 2.45) is 0 Å². The summed E-state index contributed by atoms with van der Waals surface area (Å²) in [4.78, 5) is 12.1. The largest absolute Gasteiger partial charge is 0.463 e. The number of aliphatic hydroxyl groups is 12. The van der Waals surface area contributed by atoms with E-state index in [0.29, 0.717) is 32.8 Å². The predicted octanol–water partition coefficient (Wildman–Crippen LogP) is 8.62. The maximum Gasteiger partial charge on any atom is 0.305 e. The van der Waals surface area contributed by atoms with Gasteiger partial charge in [-0.05, 0) is 32.1 Å². The fourth-order valence-electron chi connectivity index (χ4n) is 10.8. The molecule has 3 rings (SSSR count). The van der Waals surface area contributed by atoms with Crippen molar-refractivity contribution in [2.45, 2.75) is 370 Å². The minimum absolute atomic E-state index is 0.167. The average molecular weight is 1240 g/mol. The van der Waals surface area contributed by atoms with Crippen molar-refractivity contribution < 1.29 is 99.2 Å². The first-order chi connectivity index (χ1) is 41.7. The van der Waals surface area contributed by atoms with Crippen LogP contribution in [-0.2, 0) is 38.0 Å². The maximum absolute atomic E-state index is 12.1. The van der Waals surface area contributed by atoms with Crippen LogP contribution < -0.4 is 0 Å². The molecule has 0 amide bonds. The van der Waals surface area contributed by atoms with E-state index in [0.717, 1.165) is 83.5 Å². The van der Waals surface area contributed by atoms with Gasteiger partial charge in [0.15, 0.2) is 18.9 Å². The highest BCUT2D eigenvalue weighted by atomic mass is 16.7. The number of aliphatic hydroxyl groups excluding tert-OH is 12. The van der Waals surface area contributed by atoms with Gasteiger partial charge in [0, 0.05) is 32.8 Å². The first-order valence-corrected chi connectivity index (χ1v) is 34.7. The molecule has 86 heavy (non-hydrogen) atoms. The smallest absolute Gasteiger partial charge is 0.305 e. The Morgan fingerprint density at radius 2 is 0.547 bits per heavy atom. The van der Waals surface area contributed by atoms with E-state index in [1.165, 1.54) is 167 Å². The molecule has 0 aromatic rings. The van der Waals surface area contributed by atoms with Gasteiger partial charge in [0.25, 0.3) is 0 Å². The molecule has 0 spiro atoms. The molecule has 3 saturated heterocycles. The summed E-state index contributed by atoms with van der Waals surface area (Å²) >= 11 is 0. The summed E-state index contributed by atoms with van der Waals surface area (Å²) in [6.45, 7) is 7.19. The number of unbranched alkanes of at least 4 members (excludes halogenated alkanes) is 35. The molecule has 3 fully saturated rings. The summed E-state index contributed by atoms with van der Waals surface area (Å²) < 4.78 is 38.1. The second-order valence-corrected chi connectivity index (χ2v) is 24.4. The van der Waals surface area contributed by atoms with Gasteiger partial charge in [-0.25, -0.2) is 0 Å². The Bertz CT molecular complexity index is 1470. The lowest BCUT2D eigenvalue weighted by molar-refractivity contribution is -0.301.